The number of nitrogens with one attached hydrogen (secondary N) is 1. The molecule has 0 atom stereocenters. The summed E-state index contributed by atoms with van der Waals surface area (Å²) in [5, 5.41) is 14.9. The van der Waals surface area contributed by atoms with Gasteiger partial charge in [-0.3, -0.25) is 19.8 Å². The van der Waals surface area contributed by atoms with Crippen LogP contribution in [0, 0.1) is 12.8 Å². The summed E-state index contributed by atoms with van der Waals surface area (Å²) in [7, 11) is 0. The molecule has 0 aromatic carbocycles. The highest BCUT2D eigenvalue weighted by molar-refractivity contribution is 5.91. The van der Waals surface area contributed by atoms with Crippen LogP contribution in [-0.2, 0) is 9.59 Å². The zero-order chi connectivity index (χ0) is 12.4. The Bertz CT molecular complexity index is 437. The molecule has 0 saturated carbocycles. The number of amides is 1. The minimum absolute atomic E-state index is 0.170. The summed E-state index contributed by atoms with van der Waals surface area (Å²) in [4.78, 5) is 23.8. The predicted molar refractivity (Wildman–Crippen MR) is 57.4 cm³/mol. The monoisotopic (exact) mass is 239 g/mol. The van der Waals surface area contributed by atoms with E-state index in [1.165, 1.54) is 0 Å². The molecule has 2 rings (SSSR count). The van der Waals surface area contributed by atoms with Gasteiger partial charge in [0.25, 0.3) is 0 Å². The molecule has 1 aromatic rings. The topological polar surface area (TPSA) is 95.7 Å². The third kappa shape index (κ3) is 2.82. The lowest BCUT2D eigenvalue weighted by Gasteiger charge is -2.35. The van der Waals surface area contributed by atoms with Gasteiger partial charge in [0.15, 0.2) is 0 Å². The second-order valence-corrected chi connectivity index (χ2v) is 4.11. The highest BCUT2D eigenvalue weighted by Gasteiger charge is 2.33. The minimum Gasteiger partial charge on any atom is -0.481 e. The Balaban J connectivity index is 1.74. The molecule has 7 heteroatoms. The molecule has 1 fully saturated rings. The van der Waals surface area contributed by atoms with Crippen LogP contribution in [0.25, 0.3) is 0 Å². The zero-order valence-electron chi connectivity index (χ0n) is 9.34. The van der Waals surface area contributed by atoms with Crippen molar-refractivity contribution in [1.82, 2.24) is 10.1 Å². The van der Waals surface area contributed by atoms with Crippen LogP contribution < -0.4 is 5.32 Å². The molecule has 1 aliphatic heterocycles. The fraction of sp³-hybridized carbons (Fsp3) is 0.500. The molecule has 0 aliphatic carbocycles. The molecule has 1 aromatic heterocycles. The number of anilines is 1. The van der Waals surface area contributed by atoms with Crippen LogP contribution in [0.15, 0.2) is 10.6 Å². The maximum absolute atomic E-state index is 11.5. The van der Waals surface area contributed by atoms with Crippen LogP contribution in [0.3, 0.4) is 0 Å². The van der Waals surface area contributed by atoms with Gasteiger partial charge in [0.2, 0.25) is 11.8 Å². The van der Waals surface area contributed by atoms with E-state index in [4.69, 9.17) is 9.63 Å². The molecule has 0 spiro atoms. The molecule has 17 heavy (non-hydrogen) atoms. The van der Waals surface area contributed by atoms with Crippen LogP contribution in [0.4, 0.5) is 5.88 Å². The summed E-state index contributed by atoms with van der Waals surface area (Å²) in [5.74, 6) is -1.09. The first kappa shape index (κ1) is 11.6. The standard InChI is InChI=1S/C10H13N3O4/c1-6-2-9(17-12-6)11-8(14)5-13-3-7(4-13)10(15)16/h2,7H,3-5H2,1H3,(H,11,14)(H,15,16). The largest absolute Gasteiger partial charge is 0.481 e. The molecule has 0 radical (unpaired) electrons. The van der Waals surface area contributed by atoms with E-state index in [-0.39, 0.29) is 18.4 Å². The number of aliphatic carboxylic acids is 1. The Morgan fingerprint density at radius 1 is 1.65 bits per heavy atom. The molecular weight excluding hydrogens is 226 g/mol. The number of nitrogens with zero attached hydrogens (tertiary/aromatic N) is 2. The van der Waals surface area contributed by atoms with E-state index in [9.17, 15) is 9.59 Å². The highest BCUT2D eigenvalue weighted by atomic mass is 16.5. The first-order chi connectivity index (χ1) is 8.04. The Hall–Kier alpha value is -1.89. The van der Waals surface area contributed by atoms with E-state index in [1.54, 1.807) is 17.9 Å². The maximum Gasteiger partial charge on any atom is 0.309 e. The number of hydrogen-bond donors (Lipinski definition) is 2. The number of aromatic nitrogens is 1. The van der Waals surface area contributed by atoms with Crippen molar-refractivity contribution in [1.29, 1.82) is 0 Å². The van der Waals surface area contributed by atoms with Gasteiger partial charge in [-0.1, -0.05) is 5.16 Å². The first-order valence-corrected chi connectivity index (χ1v) is 5.23. The van der Waals surface area contributed by atoms with Crippen molar-refractivity contribution >= 4 is 17.8 Å². The number of carbonyl (C=O) groups excluding carboxylic acids is 1. The average molecular weight is 239 g/mol. The number of rotatable bonds is 4. The second-order valence-electron chi connectivity index (χ2n) is 4.11. The molecular formula is C10H13N3O4. The van der Waals surface area contributed by atoms with Gasteiger partial charge < -0.3 is 9.63 Å². The number of aryl methyl sites for hydroxylation is 1. The van der Waals surface area contributed by atoms with Crippen molar-refractivity contribution in [2.45, 2.75) is 6.92 Å². The number of carbonyl (C=O) groups is 2. The molecule has 2 heterocycles. The Morgan fingerprint density at radius 3 is 2.88 bits per heavy atom. The summed E-state index contributed by atoms with van der Waals surface area (Å²) in [5.41, 5.74) is 0.690. The van der Waals surface area contributed by atoms with E-state index in [2.05, 4.69) is 10.5 Å². The predicted octanol–water partition coefficient (Wildman–Crippen LogP) is -0.0621. The number of carboxylic acid groups (broad SMARTS) is 1. The summed E-state index contributed by atoms with van der Waals surface area (Å²) in [6.07, 6.45) is 0. The van der Waals surface area contributed by atoms with E-state index in [1.807, 2.05) is 0 Å². The molecule has 7 nitrogen and oxygen atoms in total. The van der Waals surface area contributed by atoms with E-state index < -0.39 is 5.97 Å². The van der Waals surface area contributed by atoms with Crippen molar-refractivity contribution < 1.29 is 19.2 Å². The smallest absolute Gasteiger partial charge is 0.309 e. The normalized spacial score (nSPS) is 16.5. The van der Waals surface area contributed by atoms with Gasteiger partial charge in [0.05, 0.1) is 18.2 Å². The molecule has 1 aliphatic rings. The quantitative estimate of drug-likeness (QED) is 0.764. The van der Waals surface area contributed by atoms with E-state index in [0.29, 0.717) is 24.7 Å². The Kier molecular flexibility index (Phi) is 3.10. The summed E-state index contributed by atoms with van der Waals surface area (Å²) >= 11 is 0. The van der Waals surface area contributed by atoms with Gasteiger partial charge in [-0.2, -0.15) is 0 Å². The molecule has 0 bridgehead atoms. The van der Waals surface area contributed by atoms with Crippen LogP contribution in [-0.4, -0.2) is 46.7 Å². The molecule has 1 amide bonds. The lowest BCUT2D eigenvalue weighted by molar-refractivity contribution is -0.148. The fourth-order valence-corrected chi connectivity index (χ4v) is 1.66. The number of carboxylic acids is 1. The Morgan fingerprint density at radius 2 is 2.35 bits per heavy atom. The maximum atomic E-state index is 11.5. The molecule has 2 N–H and O–H groups in total. The van der Waals surface area contributed by atoms with Crippen LogP contribution >= 0.6 is 0 Å². The van der Waals surface area contributed by atoms with Gasteiger partial charge in [-0.15, -0.1) is 0 Å². The first-order valence-electron chi connectivity index (χ1n) is 5.23. The summed E-state index contributed by atoms with van der Waals surface area (Å²) in [6.45, 7) is 2.76. The molecule has 0 unspecified atom stereocenters. The van der Waals surface area contributed by atoms with Gasteiger partial charge in [0, 0.05) is 19.2 Å². The van der Waals surface area contributed by atoms with Gasteiger partial charge in [0.1, 0.15) is 0 Å². The third-order valence-electron chi connectivity index (χ3n) is 2.56. The summed E-state index contributed by atoms with van der Waals surface area (Å²) in [6, 6.07) is 1.62. The molecule has 1 saturated heterocycles. The second kappa shape index (κ2) is 4.54. The number of likely N-dealkylation sites (tertiary alicyclic amines) is 1. The highest BCUT2D eigenvalue weighted by Crippen LogP contribution is 2.15. The Labute approximate surface area is 97.4 Å². The third-order valence-corrected chi connectivity index (χ3v) is 2.56. The van der Waals surface area contributed by atoms with Gasteiger partial charge in [-0.05, 0) is 6.92 Å². The minimum atomic E-state index is -0.812. The lowest BCUT2D eigenvalue weighted by Crippen LogP contribution is -2.52. The van der Waals surface area contributed by atoms with Crippen LogP contribution in [0.1, 0.15) is 5.69 Å². The van der Waals surface area contributed by atoms with Crippen molar-refractivity contribution in [2.24, 2.45) is 5.92 Å². The van der Waals surface area contributed by atoms with Crippen molar-refractivity contribution in [3.63, 3.8) is 0 Å². The van der Waals surface area contributed by atoms with Crippen LogP contribution in [0.5, 0.6) is 0 Å². The fourth-order valence-electron chi connectivity index (χ4n) is 1.66. The van der Waals surface area contributed by atoms with E-state index >= 15 is 0 Å². The van der Waals surface area contributed by atoms with Gasteiger partial charge >= 0.3 is 5.97 Å². The summed E-state index contributed by atoms with van der Waals surface area (Å²) < 4.78 is 4.83. The van der Waals surface area contributed by atoms with Gasteiger partial charge in [-0.25, -0.2) is 0 Å². The molecule has 92 valence electrons. The van der Waals surface area contributed by atoms with Crippen molar-refractivity contribution in [3.05, 3.63) is 11.8 Å². The van der Waals surface area contributed by atoms with Crippen LogP contribution in [0.2, 0.25) is 0 Å². The van der Waals surface area contributed by atoms with Crippen molar-refractivity contribution in [3.8, 4) is 0 Å². The van der Waals surface area contributed by atoms with E-state index in [0.717, 1.165) is 0 Å². The SMILES string of the molecule is Cc1cc(NC(=O)CN2CC(C(=O)O)C2)on1. The average Bonchev–Trinajstić information content (AvgIpc) is 2.56. The number of hydrogen-bond acceptors (Lipinski definition) is 5. The lowest BCUT2D eigenvalue weighted by atomic mass is 10.0. The zero-order valence-corrected chi connectivity index (χ0v) is 9.34. The van der Waals surface area contributed by atoms with Crippen molar-refractivity contribution in [2.75, 3.05) is 25.0 Å².